The normalized spacial score (nSPS) is 11.8. The van der Waals surface area contributed by atoms with E-state index in [9.17, 15) is 9.59 Å². The average Bonchev–Trinajstić information content (AvgIpc) is 3.18. The zero-order valence-electron chi connectivity index (χ0n) is 16.9. The van der Waals surface area contributed by atoms with Crippen LogP contribution in [0, 0.1) is 0 Å². The Morgan fingerprint density at radius 3 is 2.39 bits per heavy atom. The molecule has 156 valence electrons. The summed E-state index contributed by atoms with van der Waals surface area (Å²) in [5, 5.41) is 5.75. The van der Waals surface area contributed by atoms with Gasteiger partial charge in [0.15, 0.2) is 0 Å². The molecule has 2 amide bonds. The number of benzene rings is 3. The van der Waals surface area contributed by atoms with E-state index in [1.807, 2.05) is 72.8 Å². The summed E-state index contributed by atoms with van der Waals surface area (Å²) in [5.41, 5.74) is 4.37. The van der Waals surface area contributed by atoms with Crippen molar-refractivity contribution in [3.8, 4) is 11.4 Å². The summed E-state index contributed by atoms with van der Waals surface area (Å²) in [6.07, 6.45) is 0.131. The maximum atomic E-state index is 12.6. The van der Waals surface area contributed by atoms with E-state index >= 15 is 0 Å². The van der Waals surface area contributed by atoms with Gasteiger partial charge in [-0.2, -0.15) is 0 Å². The third-order valence-electron chi connectivity index (χ3n) is 4.87. The summed E-state index contributed by atoms with van der Waals surface area (Å²) in [6.45, 7) is 1.44. The monoisotopic (exact) mass is 476 g/mol. The van der Waals surface area contributed by atoms with Crippen LogP contribution in [0.2, 0.25) is 0 Å². The summed E-state index contributed by atoms with van der Waals surface area (Å²) < 4.78 is 0.937. The highest BCUT2D eigenvalue weighted by Gasteiger charge is 2.17. The Bertz CT molecular complexity index is 1180. The Morgan fingerprint density at radius 1 is 1.00 bits per heavy atom. The maximum Gasteiger partial charge on any atom is 0.226 e. The van der Waals surface area contributed by atoms with Crippen LogP contribution in [0.1, 0.15) is 24.9 Å². The van der Waals surface area contributed by atoms with E-state index in [-0.39, 0.29) is 18.2 Å². The lowest BCUT2D eigenvalue weighted by molar-refractivity contribution is -0.120. The van der Waals surface area contributed by atoms with Crippen LogP contribution < -0.4 is 10.6 Å². The second-order valence-corrected chi connectivity index (χ2v) is 8.15. The van der Waals surface area contributed by atoms with Crippen LogP contribution in [0.4, 0.5) is 5.69 Å². The Morgan fingerprint density at radius 2 is 1.71 bits per heavy atom. The molecule has 6 nitrogen and oxygen atoms in total. The van der Waals surface area contributed by atoms with E-state index in [2.05, 4.69) is 36.5 Å². The molecule has 31 heavy (non-hydrogen) atoms. The van der Waals surface area contributed by atoms with E-state index < -0.39 is 6.04 Å². The standard InChI is InChI=1S/C24H21BrN4O2/c1-15(30)26-22(16-6-10-18(25)11-7-16)14-23(31)27-19-12-8-17(9-13-19)24-28-20-4-2-3-5-21(20)29-24/h2-13,22H,14H2,1H3,(H,26,30)(H,27,31)(H,28,29). The van der Waals surface area contributed by atoms with Gasteiger partial charge in [0.1, 0.15) is 5.82 Å². The molecule has 3 aromatic carbocycles. The number of anilines is 1. The van der Waals surface area contributed by atoms with Crippen LogP contribution in [-0.2, 0) is 9.59 Å². The molecule has 1 aromatic heterocycles. The number of amides is 2. The molecular weight excluding hydrogens is 456 g/mol. The lowest BCUT2D eigenvalue weighted by Gasteiger charge is -2.18. The predicted octanol–water partition coefficient (Wildman–Crippen LogP) is 5.20. The highest BCUT2D eigenvalue weighted by atomic mass is 79.9. The van der Waals surface area contributed by atoms with E-state index in [1.165, 1.54) is 6.92 Å². The third-order valence-corrected chi connectivity index (χ3v) is 5.40. The summed E-state index contributed by atoms with van der Waals surface area (Å²) in [4.78, 5) is 32.1. The van der Waals surface area contributed by atoms with Crippen molar-refractivity contribution in [1.82, 2.24) is 15.3 Å². The Balaban J connectivity index is 1.44. The Kier molecular flexibility index (Phi) is 6.13. The number of fused-ring (bicyclic) bond motifs is 1. The fourth-order valence-electron chi connectivity index (χ4n) is 3.39. The molecule has 1 unspecified atom stereocenters. The zero-order chi connectivity index (χ0) is 21.8. The first-order valence-electron chi connectivity index (χ1n) is 9.85. The molecule has 0 bridgehead atoms. The molecule has 0 aliphatic rings. The maximum absolute atomic E-state index is 12.6. The molecule has 1 heterocycles. The summed E-state index contributed by atoms with van der Waals surface area (Å²) in [5.74, 6) is 0.411. The van der Waals surface area contributed by atoms with Crippen molar-refractivity contribution in [2.75, 3.05) is 5.32 Å². The number of para-hydroxylation sites is 2. The van der Waals surface area contributed by atoms with Crippen molar-refractivity contribution < 1.29 is 9.59 Å². The fraction of sp³-hybridized carbons (Fsp3) is 0.125. The molecule has 4 aromatic rings. The number of aromatic nitrogens is 2. The van der Waals surface area contributed by atoms with E-state index in [1.54, 1.807) is 0 Å². The molecule has 4 rings (SSSR count). The van der Waals surface area contributed by atoms with Crippen LogP contribution in [0.25, 0.3) is 22.4 Å². The van der Waals surface area contributed by atoms with Gasteiger partial charge in [-0.1, -0.05) is 40.2 Å². The van der Waals surface area contributed by atoms with E-state index in [0.717, 1.165) is 32.5 Å². The highest BCUT2D eigenvalue weighted by molar-refractivity contribution is 9.10. The lowest BCUT2D eigenvalue weighted by Crippen LogP contribution is -2.29. The SMILES string of the molecule is CC(=O)NC(CC(=O)Nc1ccc(-c2nc3ccccc3[nH]2)cc1)c1ccc(Br)cc1. The summed E-state index contributed by atoms with van der Waals surface area (Å²) in [7, 11) is 0. The molecule has 0 spiro atoms. The van der Waals surface area contributed by atoms with Gasteiger partial charge in [-0.25, -0.2) is 4.98 Å². The number of nitrogens with zero attached hydrogens (tertiary/aromatic N) is 1. The first-order valence-corrected chi connectivity index (χ1v) is 10.6. The second-order valence-electron chi connectivity index (χ2n) is 7.24. The van der Waals surface area contributed by atoms with Crippen LogP contribution >= 0.6 is 15.9 Å². The van der Waals surface area contributed by atoms with Crippen molar-refractivity contribution in [2.45, 2.75) is 19.4 Å². The van der Waals surface area contributed by atoms with Crippen molar-refractivity contribution in [3.63, 3.8) is 0 Å². The minimum absolute atomic E-state index is 0.131. The molecule has 0 aliphatic carbocycles. The van der Waals surface area contributed by atoms with E-state index in [0.29, 0.717) is 5.69 Å². The molecule has 0 saturated carbocycles. The molecule has 3 N–H and O–H groups in total. The minimum Gasteiger partial charge on any atom is -0.349 e. The molecule has 7 heteroatoms. The number of aromatic amines is 1. The first-order chi connectivity index (χ1) is 15.0. The Labute approximate surface area is 188 Å². The van der Waals surface area contributed by atoms with Crippen molar-refractivity contribution in [2.24, 2.45) is 0 Å². The number of hydrogen-bond acceptors (Lipinski definition) is 3. The highest BCUT2D eigenvalue weighted by Crippen LogP contribution is 2.23. The lowest BCUT2D eigenvalue weighted by atomic mass is 10.0. The van der Waals surface area contributed by atoms with Crippen LogP contribution in [0.3, 0.4) is 0 Å². The topological polar surface area (TPSA) is 86.9 Å². The van der Waals surface area contributed by atoms with Gasteiger partial charge in [0, 0.05) is 22.6 Å². The number of nitrogens with one attached hydrogen (secondary N) is 3. The second kappa shape index (κ2) is 9.14. The minimum atomic E-state index is -0.402. The molecule has 0 aliphatic heterocycles. The first kappa shape index (κ1) is 20.8. The largest absolute Gasteiger partial charge is 0.349 e. The van der Waals surface area contributed by atoms with Crippen molar-refractivity contribution in [1.29, 1.82) is 0 Å². The van der Waals surface area contributed by atoms with Crippen LogP contribution in [0.5, 0.6) is 0 Å². The third kappa shape index (κ3) is 5.19. The molecule has 0 fully saturated rings. The number of halogens is 1. The average molecular weight is 477 g/mol. The molecule has 1 atom stereocenters. The molecular formula is C24H21BrN4O2. The van der Waals surface area contributed by atoms with Gasteiger partial charge in [-0.05, 0) is 54.1 Å². The quantitative estimate of drug-likeness (QED) is 0.357. The number of H-pyrrole nitrogens is 1. The Hall–Kier alpha value is -3.45. The van der Waals surface area contributed by atoms with Crippen LogP contribution in [-0.4, -0.2) is 21.8 Å². The predicted molar refractivity (Wildman–Crippen MR) is 125 cm³/mol. The zero-order valence-corrected chi connectivity index (χ0v) is 18.4. The van der Waals surface area contributed by atoms with Gasteiger partial charge >= 0.3 is 0 Å². The summed E-state index contributed by atoms with van der Waals surface area (Å²) >= 11 is 3.40. The number of hydrogen-bond donors (Lipinski definition) is 3. The van der Waals surface area contributed by atoms with Crippen molar-refractivity contribution in [3.05, 3.63) is 82.8 Å². The van der Waals surface area contributed by atoms with Gasteiger partial charge < -0.3 is 15.6 Å². The van der Waals surface area contributed by atoms with Gasteiger partial charge in [-0.3, -0.25) is 9.59 Å². The van der Waals surface area contributed by atoms with Crippen molar-refractivity contribution >= 4 is 44.5 Å². The van der Waals surface area contributed by atoms with E-state index in [4.69, 9.17) is 0 Å². The number of carbonyl (C=O) groups is 2. The van der Waals surface area contributed by atoms with Gasteiger partial charge in [0.25, 0.3) is 0 Å². The summed E-state index contributed by atoms with van der Waals surface area (Å²) in [6, 6.07) is 22.5. The number of carbonyl (C=O) groups excluding carboxylic acids is 2. The fourth-order valence-corrected chi connectivity index (χ4v) is 3.66. The van der Waals surface area contributed by atoms with Gasteiger partial charge in [-0.15, -0.1) is 0 Å². The van der Waals surface area contributed by atoms with Gasteiger partial charge in [0.05, 0.1) is 23.5 Å². The molecule has 0 saturated heterocycles. The number of rotatable bonds is 6. The number of imidazole rings is 1. The van der Waals surface area contributed by atoms with Crippen LogP contribution in [0.15, 0.2) is 77.3 Å². The van der Waals surface area contributed by atoms with Gasteiger partial charge in [0.2, 0.25) is 11.8 Å². The smallest absolute Gasteiger partial charge is 0.226 e. The molecule has 0 radical (unpaired) electrons.